The molecule has 0 aliphatic rings. The predicted octanol–water partition coefficient (Wildman–Crippen LogP) is 2.46. The summed E-state index contributed by atoms with van der Waals surface area (Å²) in [6.07, 6.45) is 0. The van der Waals surface area contributed by atoms with Crippen LogP contribution in [0.4, 0.5) is 0 Å². The molecule has 0 fully saturated rings. The van der Waals surface area contributed by atoms with Gasteiger partial charge in [0.05, 0.1) is 12.1 Å². The van der Waals surface area contributed by atoms with Crippen LogP contribution >= 0.6 is 27.5 Å². The molecule has 0 atom stereocenters. The number of hydrogen-bond acceptors (Lipinski definition) is 3. The van der Waals surface area contributed by atoms with Crippen LogP contribution in [-0.2, 0) is 9.53 Å². The van der Waals surface area contributed by atoms with Gasteiger partial charge >= 0.3 is 5.97 Å². The van der Waals surface area contributed by atoms with E-state index < -0.39 is 11.8 Å². The van der Waals surface area contributed by atoms with E-state index in [0.717, 1.165) is 11.6 Å². The smallest absolute Gasteiger partial charge is 0.379 e. The molecule has 0 saturated heterocycles. The monoisotopic (exact) mass is 276 g/mol. The van der Waals surface area contributed by atoms with Crippen LogP contribution < -0.4 is 0 Å². The molecule has 0 N–H and O–H groups in total. The van der Waals surface area contributed by atoms with Crippen LogP contribution in [0.3, 0.4) is 0 Å². The summed E-state index contributed by atoms with van der Waals surface area (Å²) in [6, 6.07) is 4.63. The molecule has 0 amide bonds. The molecule has 14 heavy (non-hydrogen) atoms. The first kappa shape index (κ1) is 11.2. The molecule has 0 spiro atoms. The highest BCUT2D eigenvalue weighted by atomic mass is 79.9. The van der Waals surface area contributed by atoms with Crippen molar-refractivity contribution in [3.8, 4) is 0 Å². The Kier molecular flexibility index (Phi) is 3.66. The zero-order valence-electron chi connectivity index (χ0n) is 7.21. The van der Waals surface area contributed by atoms with Gasteiger partial charge in [-0.25, -0.2) is 4.79 Å². The van der Waals surface area contributed by atoms with Gasteiger partial charge in [-0.05, 0) is 18.2 Å². The highest BCUT2D eigenvalue weighted by Crippen LogP contribution is 2.21. The van der Waals surface area contributed by atoms with Crippen molar-refractivity contribution >= 4 is 39.3 Å². The molecule has 0 heterocycles. The molecular weight excluding hydrogens is 271 g/mol. The van der Waals surface area contributed by atoms with Crippen molar-refractivity contribution in [1.29, 1.82) is 0 Å². The number of rotatable bonds is 2. The quantitative estimate of drug-likeness (QED) is 0.474. The van der Waals surface area contributed by atoms with Crippen molar-refractivity contribution in [2.45, 2.75) is 0 Å². The van der Waals surface area contributed by atoms with Crippen molar-refractivity contribution in [3.05, 3.63) is 33.3 Å². The van der Waals surface area contributed by atoms with Crippen LogP contribution in [0.15, 0.2) is 22.7 Å². The standard InChI is InChI=1S/C9H6BrClO3/c1-14-9(13)8(12)6-3-2-5(10)4-7(6)11/h2-4H,1H3. The summed E-state index contributed by atoms with van der Waals surface area (Å²) in [4.78, 5) is 22.2. The van der Waals surface area contributed by atoms with Crippen LogP contribution in [-0.4, -0.2) is 18.9 Å². The topological polar surface area (TPSA) is 43.4 Å². The summed E-state index contributed by atoms with van der Waals surface area (Å²) in [5.74, 6) is -1.67. The number of Topliss-reactive ketones (excluding diaryl/α,β-unsaturated/α-hetero) is 1. The molecule has 0 aromatic heterocycles. The molecule has 0 aliphatic carbocycles. The maximum Gasteiger partial charge on any atom is 0.379 e. The lowest BCUT2D eigenvalue weighted by Crippen LogP contribution is -2.15. The van der Waals surface area contributed by atoms with Crippen LogP contribution in [0.1, 0.15) is 10.4 Å². The van der Waals surface area contributed by atoms with Crippen LogP contribution in [0, 0.1) is 0 Å². The van der Waals surface area contributed by atoms with E-state index >= 15 is 0 Å². The van der Waals surface area contributed by atoms with Crippen molar-refractivity contribution in [3.63, 3.8) is 0 Å². The number of esters is 1. The van der Waals surface area contributed by atoms with Gasteiger partial charge < -0.3 is 4.74 Å². The molecule has 3 nitrogen and oxygen atoms in total. The minimum atomic E-state index is -0.922. The van der Waals surface area contributed by atoms with E-state index in [-0.39, 0.29) is 10.6 Å². The number of benzene rings is 1. The third-order valence-electron chi connectivity index (χ3n) is 1.55. The van der Waals surface area contributed by atoms with Gasteiger partial charge in [0.2, 0.25) is 0 Å². The summed E-state index contributed by atoms with van der Waals surface area (Å²) < 4.78 is 5.03. The number of halogens is 2. The number of ether oxygens (including phenoxy) is 1. The van der Waals surface area contributed by atoms with Gasteiger partial charge in [0.1, 0.15) is 0 Å². The van der Waals surface area contributed by atoms with E-state index in [1.165, 1.54) is 12.1 Å². The second kappa shape index (κ2) is 4.57. The minimum Gasteiger partial charge on any atom is -0.463 e. The Hall–Kier alpha value is -0.870. The summed E-state index contributed by atoms with van der Waals surface area (Å²) in [5, 5.41) is 0.217. The maximum absolute atomic E-state index is 11.3. The van der Waals surface area contributed by atoms with E-state index in [4.69, 9.17) is 11.6 Å². The predicted molar refractivity (Wildman–Crippen MR) is 55.5 cm³/mol. The van der Waals surface area contributed by atoms with Crippen LogP contribution in [0.2, 0.25) is 5.02 Å². The van der Waals surface area contributed by atoms with Crippen LogP contribution in [0.5, 0.6) is 0 Å². The number of carbonyl (C=O) groups excluding carboxylic acids is 2. The molecule has 0 radical (unpaired) electrons. The Morgan fingerprint density at radius 3 is 2.57 bits per heavy atom. The van der Waals surface area contributed by atoms with Gasteiger partial charge in [-0.15, -0.1) is 0 Å². The first-order valence-electron chi connectivity index (χ1n) is 3.64. The molecule has 5 heteroatoms. The number of ketones is 1. The Labute approximate surface area is 94.1 Å². The van der Waals surface area contributed by atoms with Crippen LogP contribution in [0.25, 0.3) is 0 Å². The van der Waals surface area contributed by atoms with E-state index in [9.17, 15) is 9.59 Å². The molecule has 1 rings (SSSR count). The second-order valence-corrected chi connectivity index (χ2v) is 3.77. The molecular formula is C9H6BrClO3. The third kappa shape index (κ3) is 2.33. The lowest BCUT2D eigenvalue weighted by atomic mass is 10.1. The van der Waals surface area contributed by atoms with E-state index in [1.807, 2.05) is 0 Å². The fraction of sp³-hybridized carbons (Fsp3) is 0.111. The maximum atomic E-state index is 11.3. The van der Waals surface area contributed by atoms with Crippen molar-refractivity contribution in [1.82, 2.24) is 0 Å². The summed E-state index contributed by atoms with van der Waals surface area (Å²) in [6.45, 7) is 0. The molecule has 1 aromatic rings. The first-order valence-corrected chi connectivity index (χ1v) is 4.81. The molecule has 0 aliphatic heterocycles. The van der Waals surface area contributed by atoms with Gasteiger partial charge in [0.25, 0.3) is 5.78 Å². The van der Waals surface area contributed by atoms with Crippen molar-refractivity contribution in [2.24, 2.45) is 0 Å². The highest BCUT2D eigenvalue weighted by Gasteiger charge is 2.19. The molecule has 0 bridgehead atoms. The average Bonchev–Trinajstić information content (AvgIpc) is 2.15. The zero-order valence-corrected chi connectivity index (χ0v) is 9.55. The van der Waals surface area contributed by atoms with Gasteiger partial charge in [-0.2, -0.15) is 0 Å². The molecule has 0 unspecified atom stereocenters. The lowest BCUT2D eigenvalue weighted by molar-refractivity contribution is -0.135. The summed E-state index contributed by atoms with van der Waals surface area (Å²) in [5.41, 5.74) is 0.140. The van der Waals surface area contributed by atoms with E-state index in [0.29, 0.717) is 0 Å². The molecule has 1 aromatic carbocycles. The molecule has 74 valence electrons. The fourth-order valence-corrected chi connectivity index (χ4v) is 1.64. The largest absolute Gasteiger partial charge is 0.463 e. The van der Waals surface area contributed by atoms with Crippen molar-refractivity contribution in [2.75, 3.05) is 7.11 Å². The van der Waals surface area contributed by atoms with Gasteiger partial charge in [0, 0.05) is 10.0 Å². The Balaban J connectivity index is 3.08. The fourth-order valence-electron chi connectivity index (χ4n) is 0.876. The second-order valence-electron chi connectivity index (χ2n) is 2.44. The van der Waals surface area contributed by atoms with Gasteiger partial charge in [-0.3, -0.25) is 4.79 Å². The minimum absolute atomic E-state index is 0.140. The first-order chi connectivity index (χ1) is 6.56. The Bertz CT molecular complexity index is 390. The Morgan fingerprint density at radius 2 is 2.07 bits per heavy atom. The van der Waals surface area contributed by atoms with E-state index in [1.54, 1.807) is 6.07 Å². The SMILES string of the molecule is COC(=O)C(=O)c1ccc(Br)cc1Cl. The lowest BCUT2D eigenvalue weighted by Gasteiger charge is -2.01. The Morgan fingerprint density at radius 1 is 1.43 bits per heavy atom. The zero-order chi connectivity index (χ0) is 10.7. The third-order valence-corrected chi connectivity index (χ3v) is 2.35. The van der Waals surface area contributed by atoms with Gasteiger partial charge in [0.15, 0.2) is 0 Å². The van der Waals surface area contributed by atoms with Gasteiger partial charge in [-0.1, -0.05) is 27.5 Å². The average molecular weight is 278 g/mol. The van der Waals surface area contributed by atoms with Crippen molar-refractivity contribution < 1.29 is 14.3 Å². The molecule has 0 saturated carbocycles. The number of carbonyl (C=O) groups is 2. The summed E-state index contributed by atoms with van der Waals surface area (Å²) >= 11 is 8.95. The van der Waals surface area contributed by atoms with E-state index in [2.05, 4.69) is 20.7 Å². The number of methoxy groups -OCH3 is 1. The highest BCUT2D eigenvalue weighted by molar-refractivity contribution is 9.10. The normalized spacial score (nSPS) is 9.64. The number of hydrogen-bond donors (Lipinski definition) is 0. The summed E-state index contributed by atoms with van der Waals surface area (Å²) in [7, 11) is 1.15.